The molecule has 1 aromatic rings. The second kappa shape index (κ2) is 4.40. The van der Waals surface area contributed by atoms with E-state index in [-0.39, 0.29) is 5.84 Å². The molecule has 6 nitrogen and oxygen atoms in total. The van der Waals surface area contributed by atoms with Gasteiger partial charge in [0.15, 0.2) is 5.82 Å². The maximum absolute atomic E-state index is 12.6. The summed E-state index contributed by atoms with van der Waals surface area (Å²) in [6, 6.07) is 0. The van der Waals surface area contributed by atoms with E-state index in [0.717, 1.165) is 12.4 Å². The van der Waals surface area contributed by atoms with Crippen LogP contribution in [0, 0.1) is 11.2 Å². The van der Waals surface area contributed by atoms with Gasteiger partial charge in [0.25, 0.3) is 0 Å². The minimum Gasteiger partial charge on any atom is -0.385 e. The Hall–Kier alpha value is -1.76. The summed E-state index contributed by atoms with van der Waals surface area (Å²) >= 11 is 0. The highest BCUT2D eigenvalue weighted by atomic mass is 19.1. The van der Waals surface area contributed by atoms with Gasteiger partial charge in [0, 0.05) is 6.54 Å². The van der Waals surface area contributed by atoms with E-state index in [0.29, 0.717) is 25.6 Å². The van der Waals surface area contributed by atoms with Crippen LogP contribution in [0.2, 0.25) is 0 Å². The fourth-order valence-corrected chi connectivity index (χ4v) is 1.49. The van der Waals surface area contributed by atoms with Crippen molar-refractivity contribution < 1.29 is 9.13 Å². The van der Waals surface area contributed by atoms with Crippen molar-refractivity contribution in [3.05, 3.63) is 18.2 Å². The first-order chi connectivity index (χ1) is 7.66. The molecule has 0 saturated carbocycles. The molecule has 1 atom stereocenters. The van der Waals surface area contributed by atoms with Crippen molar-refractivity contribution in [2.24, 2.45) is 5.73 Å². The molecule has 1 aliphatic heterocycles. The molecule has 1 aromatic heterocycles. The molecular weight excluding hydrogens is 213 g/mol. The summed E-state index contributed by atoms with van der Waals surface area (Å²) in [6.45, 7) is 1.47. The number of anilines is 1. The molecule has 2 rings (SSSR count). The topological polar surface area (TPSA) is 88.1 Å². The Kier molecular flexibility index (Phi) is 2.95. The number of morpholine rings is 1. The largest absolute Gasteiger partial charge is 0.385 e. The van der Waals surface area contributed by atoms with Gasteiger partial charge < -0.3 is 15.4 Å². The van der Waals surface area contributed by atoms with Crippen molar-refractivity contribution in [1.82, 2.24) is 9.97 Å². The molecule has 86 valence electrons. The lowest BCUT2D eigenvalue weighted by Crippen LogP contribution is -2.48. The maximum atomic E-state index is 12.6. The molecule has 16 heavy (non-hydrogen) atoms. The smallest absolute Gasteiger partial charge is 0.225 e. The fourth-order valence-electron chi connectivity index (χ4n) is 1.49. The minimum atomic E-state index is -0.472. The Bertz CT molecular complexity index is 382. The number of aromatic nitrogens is 2. The Labute approximate surface area is 91.8 Å². The van der Waals surface area contributed by atoms with Crippen molar-refractivity contribution in [3.63, 3.8) is 0 Å². The monoisotopic (exact) mass is 225 g/mol. The normalized spacial score (nSPS) is 20.8. The molecule has 0 spiro atoms. The van der Waals surface area contributed by atoms with Gasteiger partial charge in [0.05, 0.1) is 25.5 Å². The molecule has 1 saturated heterocycles. The second-order valence-corrected chi connectivity index (χ2v) is 3.46. The van der Waals surface area contributed by atoms with E-state index >= 15 is 0 Å². The van der Waals surface area contributed by atoms with Crippen molar-refractivity contribution in [3.8, 4) is 0 Å². The molecule has 1 fully saturated rings. The molecule has 0 aliphatic carbocycles. The van der Waals surface area contributed by atoms with Gasteiger partial charge in [0.1, 0.15) is 11.9 Å². The van der Waals surface area contributed by atoms with E-state index in [4.69, 9.17) is 15.9 Å². The molecular formula is C9H12FN5O. The van der Waals surface area contributed by atoms with Crippen LogP contribution >= 0.6 is 0 Å². The zero-order valence-electron chi connectivity index (χ0n) is 8.56. The number of hydrogen-bond acceptors (Lipinski definition) is 5. The van der Waals surface area contributed by atoms with Crippen molar-refractivity contribution in [1.29, 1.82) is 5.41 Å². The molecule has 1 unspecified atom stereocenters. The zero-order valence-corrected chi connectivity index (χ0v) is 8.56. The number of ether oxygens (including phenoxy) is 1. The van der Waals surface area contributed by atoms with Crippen LogP contribution in [0.4, 0.5) is 10.3 Å². The molecule has 0 bridgehead atoms. The van der Waals surface area contributed by atoms with Gasteiger partial charge in [-0.1, -0.05) is 0 Å². The summed E-state index contributed by atoms with van der Waals surface area (Å²) in [5.41, 5.74) is 5.36. The van der Waals surface area contributed by atoms with Crippen molar-refractivity contribution in [2.45, 2.75) is 6.10 Å². The molecule has 0 amide bonds. The number of rotatable bonds is 2. The van der Waals surface area contributed by atoms with E-state index in [9.17, 15) is 4.39 Å². The van der Waals surface area contributed by atoms with Gasteiger partial charge in [-0.05, 0) is 0 Å². The summed E-state index contributed by atoms with van der Waals surface area (Å²) in [5.74, 6) is -0.0668. The van der Waals surface area contributed by atoms with Gasteiger partial charge in [0.2, 0.25) is 5.95 Å². The van der Waals surface area contributed by atoms with E-state index in [2.05, 4.69) is 9.97 Å². The third-order valence-corrected chi connectivity index (χ3v) is 2.30. The van der Waals surface area contributed by atoms with Crippen LogP contribution in [0.1, 0.15) is 0 Å². The predicted molar refractivity (Wildman–Crippen MR) is 55.9 cm³/mol. The Morgan fingerprint density at radius 2 is 2.25 bits per heavy atom. The Morgan fingerprint density at radius 1 is 1.56 bits per heavy atom. The molecule has 0 radical (unpaired) electrons. The third kappa shape index (κ3) is 2.25. The average Bonchev–Trinajstić information content (AvgIpc) is 2.30. The van der Waals surface area contributed by atoms with Crippen LogP contribution in [0.25, 0.3) is 0 Å². The van der Waals surface area contributed by atoms with E-state index in [1.807, 2.05) is 4.90 Å². The van der Waals surface area contributed by atoms with Gasteiger partial charge in [-0.25, -0.2) is 14.4 Å². The number of nitrogens with zero attached hydrogens (tertiary/aromatic N) is 3. The number of nitrogens with one attached hydrogen (secondary N) is 1. The molecule has 0 aromatic carbocycles. The number of amidine groups is 1. The first-order valence-electron chi connectivity index (χ1n) is 4.85. The molecule has 2 heterocycles. The van der Waals surface area contributed by atoms with E-state index < -0.39 is 11.9 Å². The standard InChI is InChI=1S/C9H12FN5O/c10-6-3-13-9(14-4-6)15-1-2-16-7(5-15)8(11)12/h3-4,7H,1-2,5H2,(H3,11,12). The van der Waals surface area contributed by atoms with Crippen molar-refractivity contribution >= 4 is 11.8 Å². The quantitative estimate of drug-likeness (QED) is 0.535. The lowest BCUT2D eigenvalue weighted by molar-refractivity contribution is 0.0820. The number of halogens is 1. The molecule has 3 N–H and O–H groups in total. The highest BCUT2D eigenvalue weighted by Crippen LogP contribution is 2.12. The average molecular weight is 225 g/mol. The van der Waals surface area contributed by atoms with Gasteiger partial charge in [-0.15, -0.1) is 0 Å². The Balaban J connectivity index is 2.09. The third-order valence-electron chi connectivity index (χ3n) is 2.30. The summed E-state index contributed by atoms with van der Waals surface area (Å²) in [6.07, 6.45) is 1.78. The summed E-state index contributed by atoms with van der Waals surface area (Å²) < 4.78 is 17.9. The molecule has 1 aliphatic rings. The summed E-state index contributed by atoms with van der Waals surface area (Å²) in [5, 5.41) is 7.30. The van der Waals surface area contributed by atoms with Gasteiger partial charge in [-0.2, -0.15) is 0 Å². The zero-order chi connectivity index (χ0) is 11.5. The van der Waals surface area contributed by atoms with Crippen molar-refractivity contribution in [2.75, 3.05) is 24.6 Å². The van der Waals surface area contributed by atoms with E-state index in [1.54, 1.807) is 0 Å². The highest BCUT2D eigenvalue weighted by molar-refractivity contribution is 5.82. The lowest BCUT2D eigenvalue weighted by atomic mass is 10.2. The minimum absolute atomic E-state index is 0.0215. The van der Waals surface area contributed by atoms with Gasteiger partial charge in [-0.3, -0.25) is 5.41 Å². The number of nitrogens with two attached hydrogens (primary N) is 1. The first kappa shape index (κ1) is 10.7. The number of hydrogen-bond donors (Lipinski definition) is 2. The van der Waals surface area contributed by atoms with E-state index in [1.165, 1.54) is 0 Å². The van der Waals surface area contributed by atoms with Gasteiger partial charge >= 0.3 is 0 Å². The summed E-state index contributed by atoms with van der Waals surface area (Å²) in [7, 11) is 0. The predicted octanol–water partition coefficient (Wildman–Crippen LogP) is -0.243. The fraction of sp³-hybridized carbons (Fsp3) is 0.444. The van der Waals surface area contributed by atoms with Crippen LogP contribution in [0.5, 0.6) is 0 Å². The van der Waals surface area contributed by atoms with Crippen LogP contribution < -0.4 is 10.6 Å². The highest BCUT2D eigenvalue weighted by Gasteiger charge is 2.24. The summed E-state index contributed by atoms with van der Waals surface area (Å²) in [4.78, 5) is 9.55. The first-order valence-corrected chi connectivity index (χ1v) is 4.85. The van der Waals surface area contributed by atoms with Crippen LogP contribution in [0.3, 0.4) is 0 Å². The lowest BCUT2D eigenvalue weighted by Gasteiger charge is -2.32. The van der Waals surface area contributed by atoms with Crippen LogP contribution in [0.15, 0.2) is 12.4 Å². The Morgan fingerprint density at radius 3 is 2.88 bits per heavy atom. The van der Waals surface area contributed by atoms with Crippen LogP contribution in [-0.4, -0.2) is 41.6 Å². The molecule has 7 heteroatoms. The SMILES string of the molecule is N=C(N)C1CN(c2ncc(F)cn2)CCO1. The van der Waals surface area contributed by atoms with Crippen LogP contribution in [-0.2, 0) is 4.74 Å². The maximum Gasteiger partial charge on any atom is 0.225 e. The second-order valence-electron chi connectivity index (χ2n) is 3.46.